The molecule has 0 amide bonds. The molecule has 0 saturated carbocycles. The number of nitrogens with one attached hydrogen (secondary N) is 1. The van der Waals surface area contributed by atoms with Crippen molar-refractivity contribution in [1.82, 2.24) is 4.90 Å². The first kappa shape index (κ1) is 15.8. The molecule has 0 aliphatic carbocycles. The first-order valence-electron chi connectivity index (χ1n) is 7.19. The molecule has 21 heavy (non-hydrogen) atoms. The van der Waals surface area contributed by atoms with E-state index in [-0.39, 0.29) is 6.84 Å². The third kappa shape index (κ3) is 2.75. The van der Waals surface area contributed by atoms with Gasteiger partial charge in [0.15, 0.2) is 11.5 Å². The number of benzene rings is 1. The van der Waals surface area contributed by atoms with E-state index in [0.717, 1.165) is 30.9 Å². The summed E-state index contributed by atoms with van der Waals surface area (Å²) in [6.45, 7) is 4.18. The van der Waals surface area contributed by atoms with E-state index in [2.05, 4.69) is 31.2 Å². The minimum atomic E-state index is 0. The molecule has 1 atom stereocenters. The Balaban J connectivity index is 0.00000242. The van der Waals surface area contributed by atoms with Crippen molar-refractivity contribution in [3.63, 3.8) is 0 Å². The molecule has 5 heteroatoms. The number of methoxy groups -OCH3 is 3. The van der Waals surface area contributed by atoms with Crippen LogP contribution in [0.25, 0.3) is 0 Å². The third-order valence-corrected chi connectivity index (χ3v) is 4.21. The van der Waals surface area contributed by atoms with Crippen molar-refractivity contribution in [2.45, 2.75) is 18.8 Å². The van der Waals surface area contributed by atoms with Crippen LogP contribution >= 0.6 is 0 Å². The Hall–Kier alpha value is -1.62. The van der Waals surface area contributed by atoms with Crippen LogP contribution in [-0.4, -0.2) is 53.4 Å². The Kier molecular flexibility index (Phi) is 4.52. The van der Waals surface area contributed by atoms with Gasteiger partial charge in [-0.1, -0.05) is 6.92 Å². The monoisotopic (exact) mass is 296 g/mol. The van der Waals surface area contributed by atoms with Gasteiger partial charge in [-0.2, -0.15) is 0 Å². The summed E-state index contributed by atoms with van der Waals surface area (Å²) in [7, 11) is 9.16. The normalized spacial score (nSPS) is 20.1. The van der Waals surface area contributed by atoms with Crippen molar-refractivity contribution in [2.75, 3.05) is 53.8 Å². The van der Waals surface area contributed by atoms with E-state index in [0.29, 0.717) is 11.5 Å². The average Bonchev–Trinajstić information content (AvgIpc) is 2.81. The Morgan fingerprint density at radius 1 is 1.19 bits per heavy atom. The van der Waals surface area contributed by atoms with E-state index in [1.54, 1.807) is 21.3 Å². The molecule has 0 spiro atoms. The molecule has 1 heterocycles. The maximum atomic E-state index is 5.67. The second-order valence-electron chi connectivity index (χ2n) is 6.04. The largest absolute Gasteiger partial charge is 0.493 e. The lowest BCUT2D eigenvalue weighted by Crippen LogP contribution is -2.30. The van der Waals surface area contributed by atoms with Gasteiger partial charge in [-0.05, 0) is 27.1 Å². The number of anilines is 1. The van der Waals surface area contributed by atoms with Crippen molar-refractivity contribution in [1.29, 1.82) is 0 Å². The lowest BCUT2D eigenvalue weighted by Gasteiger charge is -2.28. The van der Waals surface area contributed by atoms with Crippen LogP contribution in [0.5, 0.6) is 17.2 Å². The summed E-state index contributed by atoms with van der Waals surface area (Å²) >= 11 is 0. The molecule has 2 rings (SSSR count). The summed E-state index contributed by atoms with van der Waals surface area (Å²) in [5.74, 6) is 2.13. The second-order valence-corrected chi connectivity index (χ2v) is 6.04. The maximum absolute atomic E-state index is 5.67. The van der Waals surface area contributed by atoms with Crippen molar-refractivity contribution < 1.29 is 15.6 Å². The first-order chi connectivity index (χ1) is 9.96. The molecular formula is C16H28N2O3. The summed E-state index contributed by atoms with van der Waals surface area (Å²) in [5, 5.41) is 3.48. The molecule has 1 aromatic rings. The standard InChI is InChI=1S/C16H26N2O3.H2/c1-16(7-8-18(2)3)10-17-11-9-12(19-4)14(20-5)15(21-6)13(11)16;/h9,17H,7-8,10H2,1-6H3;1H. The fourth-order valence-electron chi connectivity index (χ4n) is 2.96. The minimum Gasteiger partial charge on any atom is -0.493 e. The molecule has 1 N–H and O–H groups in total. The van der Waals surface area contributed by atoms with E-state index in [1.807, 2.05) is 6.07 Å². The summed E-state index contributed by atoms with van der Waals surface area (Å²) in [5.41, 5.74) is 2.28. The van der Waals surface area contributed by atoms with Crippen LogP contribution in [-0.2, 0) is 5.41 Å². The topological polar surface area (TPSA) is 43.0 Å². The highest BCUT2D eigenvalue weighted by molar-refractivity contribution is 5.74. The predicted octanol–water partition coefficient (Wildman–Crippen LogP) is 2.59. The van der Waals surface area contributed by atoms with Gasteiger partial charge in [0, 0.05) is 30.7 Å². The van der Waals surface area contributed by atoms with Crippen LogP contribution in [0.3, 0.4) is 0 Å². The molecule has 1 aromatic carbocycles. The molecule has 0 saturated heterocycles. The third-order valence-electron chi connectivity index (χ3n) is 4.21. The summed E-state index contributed by atoms with van der Waals surface area (Å²) in [4.78, 5) is 2.20. The van der Waals surface area contributed by atoms with Gasteiger partial charge in [0.25, 0.3) is 0 Å². The van der Waals surface area contributed by atoms with Crippen LogP contribution in [0, 0.1) is 0 Å². The predicted molar refractivity (Wildman–Crippen MR) is 87.2 cm³/mol. The number of hydrogen-bond acceptors (Lipinski definition) is 5. The van der Waals surface area contributed by atoms with Gasteiger partial charge in [-0.15, -0.1) is 0 Å². The average molecular weight is 296 g/mol. The van der Waals surface area contributed by atoms with E-state index in [9.17, 15) is 0 Å². The zero-order valence-corrected chi connectivity index (χ0v) is 13.9. The van der Waals surface area contributed by atoms with E-state index < -0.39 is 0 Å². The first-order valence-corrected chi connectivity index (χ1v) is 7.19. The number of fused-ring (bicyclic) bond motifs is 1. The van der Waals surface area contributed by atoms with Crippen LogP contribution in [0.15, 0.2) is 6.07 Å². The van der Waals surface area contributed by atoms with Crippen LogP contribution < -0.4 is 19.5 Å². The van der Waals surface area contributed by atoms with Crippen LogP contribution in [0.2, 0.25) is 0 Å². The molecule has 0 aromatic heterocycles. The summed E-state index contributed by atoms with van der Waals surface area (Å²) in [6, 6.07) is 2.00. The highest BCUT2D eigenvalue weighted by Crippen LogP contribution is 2.52. The number of ether oxygens (including phenoxy) is 3. The number of rotatable bonds is 6. The van der Waals surface area contributed by atoms with Crippen molar-refractivity contribution in [3.8, 4) is 17.2 Å². The minimum absolute atomic E-state index is 0. The number of hydrogen-bond donors (Lipinski definition) is 1. The maximum Gasteiger partial charge on any atom is 0.203 e. The zero-order chi connectivity index (χ0) is 15.6. The molecule has 0 radical (unpaired) electrons. The zero-order valence-electron chi connectivity index (χ0n) is 13.9. The van der Waals surface area contributed by atoms with Crippen molar-refractivity contribution in [2.24, 2.45) is 0 Å². The quantitative estimate of drug-likeness (QED) is 0.874. The fraction of sp³-hybridized carbons (Fsp3) is 0.625. The van der Waals surface area contributed by atoms with Gasteiger partial charge >= 0.3 is 0 Å². The van der Waals surface area contributed by atoms with Crippen LogP contribution in [0.4, 0.5) is 5.69 Å². The molecule has 120 valence electrons. The molecule has 5 nitrogen and oxygen atoms in total. The van der Waals surface area contributed by atoms with Crippen LogP contribution in [0.1, 0.15) is 20.3 Å². The molecule has 0 bridgehead atoms. The Morgan fingerprint density at radius 3 is 2.38 bits per heavy atom. The van der Waals surface area contributed by atoms with Gasteiger partial charge in [-0.3, -0.25) is 0 Å². The van der Waals surface area contributed by atoms with Gasteiger partial charge in [0.05, 0.1) is 21.3 Å². The highest BCUT2D eigenvalue weighted by atomic mass is 16.5. The number of nitrogens with zero attached hydrogens (tertiary/aromatic N) is 1. The van der Waals surface area contributed by atoms with Crippen molar-refractivity contribution in [3.05, 3.63) is 11.6 Å². The molecule has 1 aliphatic heterocycles. The van der Waals surface area contributed by atoms with E-state index in [4.69, 9.17) is 14.2 Å². The summed E-state index contributed by atoms with van der Waals surface area (Å²) < 4.78 is 16.6. The molecule has 0 fully saturated rings. The molecular weight excluding hydrogens is 268 g/mol. The Labute approximate surface area is 128 Å². The summed E-state index contributed by atoms with van der Waals surface area (Å²) in [6.07, 6.45) is 1.05. The van der Waals surface area contributed by atoms with Gasteiger partial charge < -0.3 is 24.4 Å². The molecule has 1 unspecified atom stereocenters. The molecule has 1 aliphatic rings. The Morgan fingerprint density at radius 2 is 1.86 bits per heavy atom. The van der Waals surface area contributed by atoms with Crippen molar-refractivity contribution >= 4 is 5.69 Å². The smallest absolute Gasteiger partial charge is 0.203 e. The van der Waals surface area contributed by atoms with E-state index >= 15 is 0 Å². The van der Waals surface area contributed by atoms with Gasteiger partial charge in [-0.25, -0.2) is 0 Å². The lowest BCUT2D eigenvalue weighted by molar-refractivity contribution is 0.309. The lowest BCUT2D eigenvalue weighted by atomic mass is 9.80. The van der Waals surface area contributed by atoms with Gasteiger partial charge in [0.1, 0.15) is 0 Å². The second kappa shape index (κ2) is 6.02. The Bertz CT molecular complexity index is 523. The SMILES string of the molecule is COc1cc2c(c(OC)c1OC)C(C)(CCN(C)C)CN2.[HH]. The fourth-order valence-corrected chi connectivity index (χ4v) is 2.96. The van der Waals surface area contributed by atoms with Gasteiger partial charge in [0.2, 0.25) is 5.75 Å². The highest BCUT2D eigenvalue weighted by Gasteiger charge is 2.39. The van der Waals surface area contributed by atoms with E-state index in [1.165, 1.54) is 5.56 Å².